The molecule has 1 aliphatic heterocycles. The van der Waals surface area contributed by atoms with Gasteiger partial charge in [0.2, 0.25) is 6.23 Å². The molecule has 2 unspecified atom stereocenters. The average molecular weight is 314 g/mol. The molecule has 118 valence electrons. The highest BCUT2D eigenvalue weighted by molar-refractivity contribution is 6.19. The van der Waals surface area contributed by atoms with E-state index in [9.17, 15) is 19.4 Å². The first-order valence-electron chi connectivity index (χ1n) is 7.11. The van der Waals surface area contributed by atoms with Gasteiger partial charge in [0.1, 0.15) is 5.82 Å². The Morgan fingerprint density at radius 1 is 1.22 bits per heavy atom. The first-order valence-corrected chi connectivity index (χ1v) is 7.11. The highest BCUT2D eigenvalue weighted by atomic mass is 19.1. The third-order valence-electron chi connectivity index (χ3n) is 3.65. The van der Waals surface area contributed by atoms with Crippen molar-refractivity contribution >= 4 is 17.3 Å². The minimum atomic E-state index is -1.63. The summed E-state index contributed by atoms with van der Waals surface area (Å²) in [5, 5.41) is 22.2. The molecule has 0 saturated carbocycles. The van der Waals surface area contributed by atoms with Crippen molar-refractivity contribution in [2.24, 2.45) is 4.99 Å². The molecule has 3 N–H and O–H groups in total. The third kappa shape index (κ3) is 2.86. The second-order valence-electron chi connectivity index (χ2n) is 5.30. The zero-order valence-electron chi connectivity index (χ0n) is 12.3. The Morgan fingerprint density at radius 3 is 2.65 bits per heavy atom. The number of nitrogens with zero attached hydrogens (tertiary/aromatic N) is 1. The van der Waals surface area contributed by atoms with Crippen molar-refractivity contribution in [3.05, 3.63) is 65.0 Å². The van der Waals surface area contributed by atoms with Crippen LogP contribution in [0, 0.1) is 5.82 Å². The molecule has 2 atom stereocenters. The van der Waals surface area contributed by atoms with Gasteiger partial charge in [-0.25, -0.2) is 9.38 Å². The van der Waals surface area contributed by atoms with Gasteiger partial charge in [-0.05, 0) is 36.8 Å². The van der Waals surface area contributed by atoms with E-state index in [1.807, 2.05) is 0 Å². The van der Waals surface area contributed by atoms with Gasteiger partial charge in [-0.1, -0.05) is 18.2 Å². The first kappa shape index (κ1) is 15.3. The molecule has 0 radical (unpaired) electrons. The van der Waals surface area contributed by atoms with Crippen LogP contribution in [0.15, 0.2) is 47.5 Å². The van der Waals surface area contributed by atoms with Crippen molar-refractivity contribution in [3.63, 3.8) is 0 Å². The molecule has 0 aliphatic carbocycles. The van der Waals surface area contributed by atoms with Crippen LogP contribution in [0.1, 0.15) is 29.7 Å². The van der Waals surface area contributed by atoms with Gasteiger partial charge in [0.15, 0.2) is 0 Å². The van der Waals surface area contributed by atoms with Gasteiger partial charge in [-0.15, -0.1) is 0 Å². The predicted octanol–water partition coefficient (Wildman–Crippen LogP) is 1.99. The second-order valence-corrected chi connectivity index (χ2v) is 5.30. The summed E-state index contributed by atoms with van der Waals surface area (Å²) in [5.41, 5.74) is 1.77. The van der Waals surface area contributed by atoms with Crippen LogP contribution in [0.5, 0.6) is 0 Å². The number of nitrogens with one attached hydrogen (secondary N) is 1. The number of fused-ring (bicyclic) bond motifs is 1. The van der Waals surface area contributed by atoms with Crippen molar-refractivity contribution in [1.82, 2.24) is 0 Å². The molecule has 6 heteroatoms. The number of halogens is 1. The van der Waals surface area contributed by atoms with Crippen LogP contribution in [0.25, 0.3) is 0 Å². The summed E-state index contributed by atoms with van der Waals surface area (Å²) < 4.78 is 14.2. The predicted molar refractivity (Wildman–Crippen MR) is 83.8 cm³/mol. The summed E-state index contributed by atoms with van der Waals surface area (Å²) >= 11 is 0. The molecule has 0 fully saturated rings. The topological polar surface area (TPSA) is 81.9 Å². The van der Waals surface area contributed by atoms with Crippen LogP contribution in [-0.2, 0) is 4.79 Å². The summed E-state index contributed by atoms with van der Waals surface area (Å²) in [5.74, 6) is -1.21. The Labute approximate surface area is 132 Å². The average Bonchev–Trinajstić information content (AvgIpc) is 2.64. The van der Waals surface area contributed by atoms with E-state index in [4.69, 9.17) is 0 Å². The van der Waals surface area contributed by atoms with Gasteiger partial charge in [0, 0.05) is 11.1 Å². The molecule has 1 heterocycles. The van der Waals surface area contributed by atoms with Crippen LogP contribution >= 0.6 is 0 Å². The molecule has 5 nitrogen and oxygen atoms in total. The van der Waals surface area contributed by atoms with Crippen molar-refractivity contribution < 1.29 is 19.4 Å². The number of hydrogen-bond acceptors (Lipinski definition) is 4. The number of amides is 1. The lowest BCUT2D eigenvalue weighted by molar-refractivity contribution is -0.123. The Kier molecular flexibility index (Phi) is 3.94. The maximum Gasteiger partial charge on any atom is 0.276 e. The molecule has 1 aliphatic rings. The maximum atomic E-state index is 14.2. The number of carbonyl (C=O) groups excluding carboxylic acids is 1. The van der Waals surface area contributed by atoms with Gasteiger partial charge in [-0.3, -0.25) is 4.79 Å². The lowest BCUT2D eigenvalue weighted by Crippen LogP contribution is -2.24. The molecule has 0 bridgehead atoms. The number of hydrogen-bond donors (Lipinski definition) is 3. The fourth-order valence-electron chi connectivity index (χ4n) is 2.44. The normalized spacial score (nSPS) is 18.5. The van der Waals surface area contributed by atoms with E-state index in [1.165, 1.54) is 12.1 Å². The van der Waals surface area contributed by atoms with E-state index in [2.05, 4.69) is 10.3 Å². The largest absolute Gasteiger partial charge is 0.389 e. The number of benzodiazepines with no additional fused rings is 1. The van der Waals surface area contributed by atoms with E-state index in [-0.39, 0.29) is 11.3 Å². The number of aliphatic hydroxyl groups is 2. The summed E-state index contributed by atoms with van der Waals surface area (Å²) in [7, 11) is 0. The number of rotatable bonds is 2. The Hall–Kier alpha value is -2.57. The van der Waals surface area contributed by atoms with Crippen molar-refractivity contribution in [3.8, 4) is 0 Å². The number of aliphatic hydroxyl groups excluding tert-OH is 2. The maximum absolute atomic E-state index is 14.2. The number of benzene rings is 2. The molecule has 0 aromatic heterocycles. The summed E-state index contributed by atoms with van der Waals surface area (Å²) in [6, 6.07) is 10.9. The van der Waals surface area contributed by atoms with E-state index < -0.39 is 24.1 Å². The van der Waals surface area contributed by atoms with Gasteiger partial charge in [0.25, 0.3) is 5.91 Å². The molecule has 0 saturated heterocycles. The zero-order valence-corrected chi connectivity index (χ0v) is 12.3. The van der Waals surface area contributed by atoms with Crippen molar-refractivity contribution in [1.29, 1.82) is 0 Å². The SMILES string of the molecule is CC(O)c1ccc2c(c1)C(c1ccccc1F)=NC(O)C(=O)N2. The first-order chi connectivity index (χ1) is 11.0. The Bertz CT molecular complexity index is 802. The molecular formula is C17H15FN2O3. The van der Waals surface area contributed by atoms with Crippen LogP contribution < -0.4 is 5.32 Å². The lowest BCUT2D eigenvalue weighted by atomic mass is 9.97. The van der Waals surface area contributed by atoms with Crippen LogP contribution in [0.3, 0.4) is 0 Å². The Morgan fingerprint density at radius 2 is 1.96 bits per heavy atom. The smallest absolute Gasteiger partial charge is 0.276 e. The lowest BCUT2D eigenvalue weighted by Gasteiger charge is -2.13. The monoisotopic (exact) mass is 314 g/mol. The highest BCUT2D eigenvalue weighted by Gasteiger charge is 2.25. The van der Waals surface area contributed by atoms with Crippen molar-refractivity contribution in [2.45, 2.75) is 19.3 Å². The van der Waals surface area contributed by atoms with Crippen LogP contribution in [0.2, 0.25) is 0 Å². The number of carbonyl (C=O) groups is 1. The van der Waals surface area contributed by atoms with Gasteiger partial charge >= 0.3 is 0 Å². The quantitative estimate of drug-likeness (QED) is 0.793. The zero-order chi connectivity index (χ0) is 16.6. The molecule has 23 heavy (non-hydrogen) atoms. The summed E-state index contributed by atoms with van der Waals surface area (Å²) in [4.78, 5) is 15.8. The number of anilines is 1. The molecule has 0 spiro atoms. The molecular weight excluding hydrogens is 299 g/mol. The van der Waals surface area contributed by atoms with E-state index >= 15 is 0 Å². The Balaban J connectivity index is 2.25. The molecule has 2 aromatic carbocycles. The second kappa shape index (κ2) is 5.91. The third-order valence-corrected chi connectivity index (χ3v) is 3.65. The van der Waals surface area contributed by atoms with Crippen molar-refractivity contribution in [2.75, 3.05) is 5.32 Å². The fourth-order valence-corrected chi connectivity index (χ4v) is 2.44. The molecule has 1 amide bonds. The van der Waals surface area contributed by atoms with E-state index in [0.717, 1.165) is 0 Å². The van der Waals surface area contributed by atoms with Crippen LogP contribution in [-0.4, -0.2) is 28.1 Å². The van der Waals surface area contributed by atoms with Crippen LogP contribution in [0.4, 0.5) is 10.1 Å². The molecule has 2 aromatic rings. The van der Waals surface area contributed by atoms with E-state index in [1.54, 1.807) is 37.3 Å². The summed E-state index contributed by atoms with van der Waals surface area (Å²) in [6.07, 6.45) is -2.36. The standard InChI is InChI=1S/C17H15FN2O3/c1-9(21)10-6-7-14-12(8-10)15(20-17(23)16(22)19-14)11-4-2-3-5-13(11)18/h2-9,17,21,23H,1H3,(H,19,22). The highest BCUT2D eigenvalue weighted by Crippen LogP contribution is 2.28. The van der Waals surface area contributed by atoms with E-state index in [0.29, 0.717) is 16.8 Å². The fraction of sp³-hybridized carbons (Fsp3) is 0.176. The number of aliphatic imine (C=N–C) groups is 1. The van der Waals surface area contributed by atoms with Gasteiger partial charge < -0.3 is 15.5 Å². The van der Waals surface area contributed by atoms with Gasteiger partial charge in [-0.2, -0.15) is 0 Å². The van der Waals surface area contributed by atoms with Gasteiger partial charge in [0.05, 0.1) is 17.5 Å². The minimum Gasteiger partial charge on any atom is -0.389 e. The molecule has 3 rings (SSSR count). The summed E-state index contributed by atoms with van der Waals surface area (Å²) in [6.45, 7) is 1.60. The minimum absolute atomic E-state index is 0.159.